The van der Waals surface area contributed by atoms with Crippen LogP contribution in [0.4, 0.5) is 11.4 Å². The maximum Gasteiger partial charge on any atom is 0.337 e. The molecule has 0 radical (unpaired) electrons. The highest BCUT2D eigenvalue weighted by atomic mass is 16.5. The predicted molar refractivity (Wildman–Crippen MR) is 137 cm³/mol. The third-order valence-corrected chi connectivity index (χ3v) is 6.04. The number of hydrogen-bond acceptors (Lipinski definition) is 6. The van der Waals surface area contributed by atoms with Crippen molar-refractivity contribution in [3.8, 4) is 5.75 Å². The van der Waals surface area contributed by atoms with Gasteiger partial charge in [0.05, 0.1) is 30.7 Å². The number of nitrogens with one attached hydrogen (secondary N) is 1. The Morgan fingerprint density at radius 3 is 2.37 bits per heavy atom. The predicted octanol–water partition coefficient (Wildman–Crippen LogP) is 4.45. The molecule has 3 aromatic rings. The number of amides is 1. The Labute approximate surface area is 206 Å². The van der Waals surface area contributed by atoms with Gasteiger partial charge in [0, 0.05) is 38.3 Å². The molecule has 0 spiro atoms. The van der Waals surface area contributed by atoms with Crippen molar-refractivity contribution in [2.45, 2.75) is 13.5 Å². The van der Waals surface area contributed by atoms with Crippen LogP contribution in [0, 0.1) is 0 Å². The van der Waals surface area contributed by atoms with E-state index in [0.717, 1.165) is 38.4 Å². The van der Waals surface area contributed by atoms with Gasteiger partial charge >= 0.3 is 5.97 Å². The molecule has 0 aliphatic carbocycles. The van der Waals surface area contributed by atoms with E-state index in [1.807, 2.05) is 25.1 Å². The third kappa shape index (κ3) is 6.19. The summed E-state index contributed by atoms with van der Waals surface area (Å²) in [5, 5.41) is 3.01. The van der Waals surface area contributed by atoms with Gasteiger partial charge in [-0.2, -0.15) is 0 Å². The van der Waals surface area contributed by atoms with Crippen molar-refractivity contribution in [3.63, 3.8) is 0 Å². The van der Waals surface area contributed by atoms with Crippen LogP contribution < -0.4 is 15.0 Å². The molecule has 1 amide bonds. The van der Waals surface area contributed by atoms with Crippen LogP contribution in [0.1, 0.15) is 33.2 Å². The van der Waals surface area contributed by atoms with Crippen molar-refractivity contribution in [2.75, 3.05) is 50.1 Å². The highest BCUT2D eigenvalue weighted by Crippen LogP contribution is 2.30. The Balaban J connectivity index is 1.52. The second kappa shape index (κ2) is 11.5. The highest BCUT2D eigenvalue weighted by Gasteiger charge is 2.22. The number of methoxy groups -OCH3 is 1. The quantitative estimate of drug-likeness (QED) is 0.488. The Kier molecular flexibility index (Phi) is 8.00. The van der Waals surface area contributed by atoms with E-state index in [9.17, 15) is 9.59 Å². The number of ether oxygens (including phenoxy) is 2. The first-order chi connectivity index (χ1) is 17.1. The molecule has 1 saturated heterocycles. The standard InChI is InChI=1S/C28H31N3O4/c1-3-35-24-11-7-10-22(18-24)27(32)29-25-19-23(28(33)34-2)12-13-26(25)31-16-14-30(15-17-31)20-21-8-5-4-6-9-21/h4-13,18-19H,3,14-17,20H2,1-2H3,(H,29,32). The minimum atomic E-state index is -0.446. The van der Waals surface area contributed by atoms with Gasteiger partial charge in [-0.15, -0.1) is 0 Å². The summed E-state index contributed by atoms with van der Waals surface area (Å²) in [7, 11) is 1.35. The Morgan fingerprint density at radius 1 is 0.886 bits per heavy atom. The fourth-order valence-electron chi connectivity index (χ4n) is 4.23. The number of nitrogens with zero attached hydrogens (tertiary/aromatic N) is 2. The van der Waals surface area contributed by atoms with Crippen LogP contribution in [-0.2, 0) is 11.3 Å². The first-order valence-corrected chi connectivity index (χ1v) is 11.8. The van der Waals surface area contributed by atoms with Gasteiger partial charge in [0.2, 0.25) is 0 Å². The second-order valence-corrected chi connectivity index (χ2v) is 8.39. The van der Waals surface area contributed by atoms with E-state index < -0.39 is 5.97 Å². The molecule has 1 heterocycles. The van der Waals surface area contributed by atoms with E-state index >= 15 is 0 Å². The lowest BCUT2D eigenvalue weighted by Gasteiger charge is -2.37. The van der Waals surface area contributed by atoms with Gasteiger partial charge in [0.15, 0.2) is 0 Å². The van der Waals surface area contributed by atoms with Gasteiger partial charge in [-0.3, -0.25) is 9.69 Å². The van der Waals surface area contributed by atoms with Gasteiger partial charge in [-0.25, -0.2) is 4.79 Å². The summed E-state index contributed by atoms with van der Waals surface area (Å²) < 4.78 is 10.4. The molecule has 0 aromatic heterocycles. The van der Waals surface area contributed by atoms with Gasteiger partial charge in [0.1, 0.15) is 5.75 Å². The topological polar surface area (TPSA) is 71.1 Å². The minimum Gasteiger partial charge on any atom is -0.494 e. The molecule has 0 atom stereocenters. The molecule has 3 aromatic carbocycles. The molecule has 0 saturated carbocycles. The zero-order valence-electron chi connectivity index (χ0n) is 20.2. The summed E-state index contributed by atoms with van der Waals surface area (Å²) in [6.45, 7) is 6.76. The van der Waals surface area contributed by atoms with Crippen LogP contribution in [0.3, 0.4) is 0 Å². The normalized spacial score (nSPS) is 13.8. The maximum atomic E-state index is 13.1. The van der Waals surface area contributed by atoms with E-state index in [2.05, 4.69) is 39.4 Å². The van der Waals surface area contributed by atoms with Crippen molar-refractivity contribution in [1.29, 1.82) is 0 Å². The lowest BCUT2D eigenvalue weighted by Crippen LogP contribution is -2.46. The molecule has 7 nitrogen and oxygen atoms in total. The zero-order chi connectivity index (χ0) is 24.6. The van der Waals surface area contributed by atoms with Crippen LogP contribution in [0.2, 0.25) is 0 Å². The molecule has 182 valence electrons. The molecular formula is C28H31N3O4. The number of carbonyl (C=O) groups is 2. The van der Waals surface area contributed by atoms with Crippen molar-refractivity contribution < 1.29 is 19.1 Å². The summed E-state index contributed by atoms with van der Waals surface area (Å²) in [6, 6.07) is 22.8. The fraction of sp³-hybridized carbons (Fsp3) is 0.286. The lowest BCUT2D eigenvalue weighted by molar-refractivity contribution is 0.0600. The minimum absolute atomic E-state index is 0.266. The largest absolute Gasteiger partial charge is 0.494 e. The van der Waals surface area contributed by atoms with Crippen LogP contribution >= 0.6 is 0 Å². The molecule has 35 heavy (non-hydrogen) atoms. The summed E-state index contributed by atoms with van der Waals surface area (Å²) in [5.41, 5.74) is 3.63. The Hall–Kier alpha value is -3.84. The molecule has 1 aliphatic heterocycles. The van der Waals surface area contributed by atoms with E-state index in [-0.39, 0.29) is 5.91 Å². The SMILES string of the molecule is CCOc1cccc(C(=O)Nc2cc(C(=O)OC)ccc2N2CCN(Cc3ccccc3)CC2)c1. The average molecular weight is 474 g/mol. The van der Waals surface area contributed by atoms with Gasteiger partial charge in [-0.05, 0) is 48.9 Å². The van der Waals surface area contributed by atoms with E-state index in [1.165, 1.54) is 12.7 Å². The second-order valence-electron chi connectivity index (χ2n) is 8.39. The van der Waals surface area contributed by atoms with Gasteiger partial charge < -0.3 is 19.7 Å². The number of carbonyl (C=O) groups excluding carboxylic acids is 2. The summed E-state index contributed by atoms with van der Waals surface area (Å²) in [4.78, 5) is 29.9. The Morgan fingerprint density at radius 2 is 1.66 bits per heavy atom. The van der Waals surface area contributed by atoms with E-state index in [1.54, 1.807) is 30.3 Å². The number of piperazine rings is 1. The van der Waals surface area contributed by atoms with E-state index in [4.69, 9.17) is 9.47 Å². The fourth-order valence-corrected chi connectivity index (χ4v) is 4.23. The molecular weight excluding hydrogens is 442 g/mol. The maximum absolute atomic E-state index is 13.1. The van der Waals surface area contributed by atoms with Crippen LogP contribution in [-0.4, -0.2) is 56.7 Å². The van der Waals surface area contributed by atoms with Crippen molar-refractivity contribution in [2.24, 2.45) is 0 Å². The molecule has 0 unspecified atom stereocenters. The molecule has 1 N–H and O–H groups in total. The summed E-state index contributed by atoms with van der Waals surface area (Å²) in [5.74, 6) is -0.0752. The number of esters is 1. The average Bonchev–Trinajstić information content (AvgIpc) is 2.90. The monoisotopic (exact) mass is 473 g/mol. The molecule has 7 heteroatoms. The van der Waals surface area contributed by atoms with Gasteiger partial charge in [0.25, 0.3) is 5.91 Å². The van der Waals surface area contributed by atoms with Crippen LogP contribution in [0.15, 0.2) is 72.8 Å². The molecule has 1 fully saturated rings. The first-order valence-electron chi connectivity index (χ1n) is 11.8. The van der Waals surface area contributed by atoms with E-state index in [0.29, 0.717) is 29.2 Å². The number of rotatable bonds is 8. The van der Waals surface area contributed by atoms with Crippen LogP contribution in [0.5, 0.6) is 5.75 Å². The summed E-state index contributed by atoms with van der Waals surface area (Å²) in [6.07, 6.45) is 0. The van der Waals surface area contributed by atoms with Gasteiger partial charge in [-0.1, -0.05) is 36.4 Å². The van der Waals surface area contributed by atoms with Crippen LogP contribution in [0.25, 0.3) is 0 Å². The lowest BCUT2D eigenvalue weighted by atomic mass is 10.1. The zero-order valence-corrected chi connectivity index (χ0v) is 20.2. The molecule has 1 aliphatic rings. The summed E-state index contributed by atoms with van der Waals surface area (Å²) >= 11 is 0. The first kappa shape index (κ1) is 24.3. The number of anilines is 2. The molecule has 0 bridgehead atoms. The number of hydrogen-bond donors (Lipinski definition) is 1. The number of benzene rings is 3. The highest BCUT2D eigenvalue weighted by molar-refractivity contribution is 6.07. The Bertz CT molecular complexity index is 1160. The molecule has 4 rings (SSSR count). The van der Waals surface area contributed by atoms with Crippen molar-refractivity contribution in [3.05, 3.63) is 89.5 Å². The third-order valence-electron chi connectivity index (χ3n) is 6.04. The van der Waals surface area contributed by atoms with Crippen molar-refractivity contribution in [1.82, 2.24) is 4.90 Å². The smallest absolute Gasteiger partial charge is 0.337 e. The van der Waals surface area contributed by atoms with Crippen molar-refractivity contribution >= 4 is 23.3 Å².